The van der Waals surface area contributed by atoms with E-state index < -0.39 is 0 Å². The first-order valence-corrected chi connectivity index (χ1v) is 4.26. The van der Waals surface area contributed by atoms with Crippen LogP contribution < -0.4 is 0 Å². The van der Waals surface area contributed by atoms with Crippen molar-refractivity contribution in [2.75, 3.05) is 0 Å². The van der Waals surface area contributed by atoms with Gasteiger partial charge in [0.1, 0.15) is 7.28 Å². The summed E-state index contributed by atoms with van der Waals surface area (Å²) >= 11 is 0. The van der Waals surface area contributed by atoms with Crippen molar-refractivity contribution in [1.29, 1.82) is 0 Å². The average molecular weight is 218 g/mol. The molecule has 0 radical (unpaired) electrons. The van der Waals surface area contributed by atoms with Crippen molar-refractivity contribution in [2.45, 2.75) is 13.0 Å². The van der Waals surface area contributed by atoms with Crippen molar-refractivity contribution < 1.29 is 0 Å². The summed E-state index contributed by atoms with van der Waals surface area (Å²) in [5.41, 5.74) is 0. The Kier molecular flexibility index (Phi) is 25.6. The van der Waals surface area contributed by atoms with Crippen LogP contribution in [0.5, 0.6) is 0 Å². The lowest BCUT2D eigenvalue weighted by Crippen LogP contribution is -1.90. The first-order chi connectivity index (χ1) is 5.41. The number of hydrogen-bond acceptors (Lipinski definition) is 1. The van der Waals surface area contributed by atoms with Crippen LogP contribution in [-0.4, -0.2) is 27.2 Å². The van der Waals surface area contributed by atoms with E-state index in [0.29, 0.717) is 0 Å². The molecule has 1 aromatic heterocycles. The molecule has 13 heavy (non-hydrogen) atoms. The lowest BCUT2D eigenvalue weighted by Gasteiger charge is -1.73. The summed E-state index contributed by atoms with van der Waals surface area (Å²) in [5, 5.41) is 0. The third kappa shape index (κ3) is 18.7. The molecule has 0 saturated heterocycles. The van der Waals surface area contributed by atoms with E-state index >= 15 is 0 Å². The highest BCUT2D eigenvalue weighted by molar-refractivity contribution is 6.93. The SMILES string of the molecule is BBCBC.Cl.Cl.c1ccncc1. The van der Waals surface area contributed by atoms with Crippen LogP contribution in [0.25, 0.3) is 0 Å². The molecule has 0 saturated carbocycles. The highest BCUT2D eigenvalue weighted by Crippen LogP contribution is 1.73. The fourth-order valence-corrected chi connectivity index (χ4v) is 0.666. The molecule has 0 atom stereocenters. The molecular formula is C7H16B3Cl2N. The minimum absolute atomic E-state index is 0. The van der Waals surface area contributed by atoms with E-state index in [-0.39, 0.29) is 24.8 Å². The number of hydrogen-bond donors (Lipinski definition) is 0. The van der Waals surface area contributed by atoms with Crippen molar-refractivity contribution in [2.24, 2.45) is 0 Å². The zero-order valence-corrected chi connectivity index (χ0v) is 9.90. The summed E-state index contributed by atoms with van der Waals surface area (Å²) in [5.74, 6) is 0. The van der Waals surface area contributed by atoms with Gasteiger partial charge in [-0.25, -0.2) is 0 Å². The summed E-state index contributed by atoms with van der Waals surface area (Å²) in [7, 11) is 4.90. The summed E-state index contributed by atoms with van der Waals surface area (Å²) in [6, 6.07) is 5.72. The standard InChI is InChI=1S/C5H5N.C2H9B3.2ClH/c1-2-4-6-5-3-1;1-4-2-5-3;;/h1-5H;4-5H,2-3H2,1H3;2*1H. The van der Waals surface area contributed by atoms with Gasteiger partial charge in [0.25, 0.3) is 0 Å². The smallest absolute Gasteiger partial charge is 0.109 e. The van der Waals surface area contributed by atoms with Crippen molar-refractivity contribution in [3.63, 3.8) is 0 Å². The van der Waals surface area contributed by atoms with E-state index in [9.17, 15) is 0 Å². The minimum Gasteiger partial charge on any atom is -0.265 e. The van der Waals surface area contributed by atoms with Gasteiger partial charge in [0.15, 0.2) is 0 Å². The quantitative estimate of drug-likeness (QED) is 0.667. The molecule has 6 heteroatoms. The lowest BCUT2D eigenvalue weighted by atomic mass is 9.44. The van der Waals surface area contributed by atoms with Gasteiger partial charge in [-0.1, -0.05) is 12.9 Å². The van der Waals surface area contributed by atoms with Crippen LogP contribution in [0.15, 0.2) is 30.6 Å². The van der Waals surface area contributed by atoms with Gasteiger partial charge < -0.3 is 0 Å². The zero-order chi connectivity index (χ0) is 8.36. The maximum Gasteiger partial charge on any atom is 0.109 e. The van der Waals surface area contributed by atoms with Crippen LogP contribution >= 0.6 is 24.8 Å². The normalized spacial score (nSPS) is 6.23. The number of pyridine rings is 1. The van der Waals surface area contributed by atoms with Gasteiger partial charge >= 0.3 is 0 Å². The Bertz CT molecular complexity index is 125. The Morgan fingerprint density at radius 3 is 1.77 bits per heavy atom. The highest BCUT2D eigenvalue weighted by Gasteiger charge is 1.75. The van der Waals surface area contributed by atoms with Crippen molar-refractivity contribution in [1.82, 2.24) is 4.98 Å². The second kappa shape index (κ2) is 17.9. The summed E-state index contributed by atoms with van der Waals surface area (Å²) < 4.78 is 0. The average Bonchev–Trinajstić information content (AvgIpc) is 2.10. The molecule has 1 nitrogen and oxygen atoms in total. The van der Waals surface area contributed by atoms with Crippen LogP contribution in [0.4, 0.5) is 0 Å². The third-order valence-electron chi connectivity index (χ3n) is 1.27. The monoisotopic (exact) mass is 217 g/mol. The number of nitrogens with zero attached hydrogens (tertiary/aromatic N) is 1. The van der Waals surface area contributed by atoms with Gasteiger partial charge in [0.2, 0.25) is 0 Å². The van der Waals surface area contributed by atoms with Gasteiger partial charge in [-0.05, 0) is 12.1 Å². The highest BCUT2D eigenvalue weighted by atomic mass is 35.5. The molecule has 1 aromatic rings. The molecule has 0 bridgehead atoms. The van der Waals surface area contributed by atoms with Crippen molar-refractivity contribution >= 4 is 47.0 Å². The van der Waals surface area contributed by atoms with Crippen LogP contribution in [0.2, 0.25) is 13.0 Å². The summed E-state index contributed by atoms with van der Waals surface area (Å²) in [6.07, 6.45) is 4.89. The summed E-state index contributed by atoms with van der Waals surface area (Å²) in [6.45, 7) is 2.21. The third-order valence-corrected chi connectivity index (χ3v) is 1.27. The largest absolute Gasteiger partial charge is 0.265 e. The Morgan fingerprint density at radius 1 is 1.15 bits per heavy atom. The number of halogens is 2. The molecule has 1 heterocycles. The molecule has 0 aliphatic carbocycles. The van der Waals surface area contributed by atoms with Crippen molar-refractivity contribution in [3.8, 4) is 0 Å². The molecule has 0 aliphatic heterocycles. The number of aromatic nitrogens is 1. The van der Waals surface area contributed by atoms with E-state index in [1.54, 1.807) is 12.4 Å². The molecule has 0 aliphatic rings. The fraction of sp³-hybridized carbons (Fsp3) is 0.286. The van der Waals surface area contributed by atoms with E-state index in [1.165, 1.54) is 20.7 Å². The Hall–Kier alpha value is -0.0752. The van der Waals surface area contributed by atoms with Crippen LogP contribution in [-0.2, 0) is 0 Å². The molecule has 0 spiro atoms. The molecule has 0 unspecified atom stereocenters. The first-order valence-electron chi connectivity index (χ1n) is 4.26. The Labute approximate surface area is 95.8 Å². The first kappa shape index (κ1) is 18.7. The van der Waals surface area contributed by atoms with Crippen molar-refractivity contribution in [3.05, 3.63) is 30.6 Å². The molecule has 72 valence electrons. The predicted octanol–water partition coefficient (Wildman–Crippen LogP) is 0.757. The van der Waals surface area contributed by atoms with E-state index in [2.05, 4.69) is 19.5 Å². The second-order valence-electron chi connectivity index (χ2n) is 2.38. The summed E-state index contributed by atoms with van der Waals surface area (Å²) in [4.78, 5) is 3.78. The van der Waals surface area contributed by atoms with Gasteiger partial charge in [-0.15, -0.1) is 31.0 Å². The minimum atomic E-state index is 0. The predicted molar refractivity (Wildman–Crippen MR) is 72.2 cm³/mol. The van der Waals surface area contributed by atoms with E-state index in [0.717, 1.165) is 0 Å². The molecule has 0 N–H and O–H groups in total. The zero-order valence-electron chi connectivity index (χ0n) is 8.27. The molecule has 1 rings (SSSR count). The van der Waals surface area contributed by atoms with Crippen LogP contribution in [0.1, 0.15) is 0 Å². The maximum absolute atomic E-state index is 3.78. The van der Waals surface area contributed by atoms with Gasteiger partial charge in [0, 0.05) is 12.4 Å². The molecule has 0 aromatic carbocycles. The number of rotatable bonds is 2. The van der Waals surface area contributed by atoms with Gasteiger partial charge in [-0.2, -0.15) is 0 Å². The van der Waals surface area contributed by atoms with Crippen LogP contribution in [0, 0.1) is 0 Å². The topological polar surface area (TPSA) is 12.9 Å². The maximum atomic E-state index is 3.78. The Balaban J connectivity index is -0.000000136. The molecular weight excluding hydrogens is 201 g/mol. The lowest BCUT2D eigenvalue weighted by molar-refractivity contribution is 1.33. The van der Waals surface area contributed by atoms with Gasteiger partial charge in [0.05, 0.1) is 14.9 Å². The van der Waals surface area contributed by atoms with Crippen LogP contribution in [0.3, 0.4) is 0 Å². The fourth-order valence-electron chi connectivity index (χ4n) is 0.666. The van der Waals surface area contributed by atoms with Gasteiger partial charge in [-0.3, -0.25) is 4.98 Å². The van der Waals surface area contributed by atoms with E-state index in [4.69, 9.17) is 0 Å². The second-order valence-corrected chi connectivity index (χ2v) is 2.38. The molecule has 0 fully saturated rings. The molecule has 0 amide bonds. The van der Waals surface area contributed by atoms with E-state index in [1.807, 2.05) is 18.2 Å². The Morgan fingerprint density at radius 2 is 1.69 bits per heavy atom.